The third kappa shape index (κ3) is 5.81. The number of rotatable bonds is 5. The molecule has 30 heavy (non-hydrogen) atoms. The molecule has 6 heteroatoms. The van der Waals surface area contributed by atoms with Crippen LogP contribution in [0.25, 0.3) is 0 Å². The minimum absolute atomic E-state index is 0.0333. The molecule has 1 aromatic heterocycles. The van der Waals surface area contributed by atoms with E-state index in [4.69, 9.17) is 9.47 Å². The SMILES string of the molecule is CC(C(=O)c1ccc(OC2CCN(C(=O)OC(C)(C)C)CC2)cc1)c1ccccn1. The van der Waals surface area contributed by atoms with Gasteiger partial charge in [0.15, 0.2) is 5.78 Å². The number of Topliss-reactive ketones (excluding diaryl/α,β-unsaturated/α-hetero) is 1. The van der Waals surface area contributed by atoms with Crippen LogP contribution in [-0.4, -0.2) is 46.6 Å². The van der Waals surface area contributed by atoms with E-state index in [1.165, 1.54) is 0 Å². The molecule has 6 nitrogen and oxygen atoms in total. The lowest BCUT2D eigenvalue weighted by molar-refractivity contribution is 0.0126. The number of hydrogen-bond acceptors (Lipinski definition) is 5. The second-order valence-electron chi connectivity index (χ2n) is 8.65. The van der Waals surface area contributed by atoms with E-state index in [-0.39, 0.29) is 23.9 Å². The van der Waals surface area contributed by atoms with Gasteiger partial charge in [-0.3, -0.25) is 9.78 Å². The Hall–Kier alpha value is -2.89. The topological polar surface area (TPSA) is 68.7 Å². The first-order valence-electron chi connectivity index (χ1n) is 10.4. The monoisotopic (exact) mass is 410 g/mol. The Balaban J connectivity index is 1.52. The number of carbonyl (C=O) groups is 2. The summed E-state index contributed by atoms with van der Waals surface area (Å²) in [7, 11) is 0. The molecule has 1 saturated heterocycles. The molecular formula is C24H30N2O4. The van der Waals surface area contributed by atoms with Crippen LogP contribution in [0.3, 0.4) is 0 Å². The quantitative estimate of drug-likeness (QED) is 0.660. The number of benzene rings is 1. The fraction of sp³-hybridized carbons (Fsp3) is 0.458. The van der Waals surface area contributed by atoms with Crippen molar-refractivity contribution in [1.82, 2.24) is 9.88 Å². The minimum atomic E-state index is -0.488. The molecule has 1 unspecified atom stereocenters. The predicted molar refractivity (Wildman–Crippen MR) is 115 cm³/mol. The van der Waals surface area contributed by atoms with Crippen molar-refractivity contribution in [3.05, 3.63) is 59.9 Å². The van der Waals surface area contributed by atoms with Crippen LogP contribution in [0.1, 0.15) is 62.5 Å². The molecule has 0 spiro atoms. The van der Waals surface area contributed by atoms with Crippen molar-refractivity contribution in [2.75, 3.05) is 13.1 Å². The lowest BCUT2D eigenvalue weighted by atomic mass is 9.96. The number of pyridine rings is 1. The molecule has 1 fully saturated rings. The Morgan fingerprint density at radius 2 is 1.73 bits per heavy atom. The molecule has 1 atom stereocenters. The van der Waals surface area contributed by atoms with Crippen LogP contribution < -0.4 is 4.74 Å². The van der Waals surface area contributed by atoms with Gasteiger partial charge in [-0.2, -0.15) is 0 Å². The number of ketones is 1. The normalized spacial score (nSPS) is 16.1. The molecule has 1 amide bonds. The number of hydrogen-bond donors (Lipinski definition) is 0. The summed E-state index contributed by atoms with van der Waals surface area (Å²) in [6.07, 6.45) is 2.96. The van der Waals surface area contributed by atoms with Crippen LogP contribution in [-0.2, 0) is 4.74 Å². The van der Waals surface area contributed by atoms with Gasteiger partial charge in [0, 0.05) is 37.7 Å². The zero-order valence-corrected chi connectivity index (χ0v) is 18.1. The van der Waals surface area contributed by atoms with E-state index < -0.39 is 5.60 Å². The Morgan fingerprint density at radius 1 is 1.07 bits per heavy atom. The van der Waals surface area contributed by atoms with Crippen LogP contribution in [0.4, 0.5) is 4.79 Å². The van der Waals surface area contributed by atoms with Crippen molar-refractivity contribution in [3.63, 3.8) is 0 Å². The lowest BCUT2D eigenvalue weighted by Crippen LogP contribution is -2.44. The first kappa shape index (κ1) is 21.8. The van der Waals surface area contributed by atoms with Crippen molar-refractivity contribution in [2.24, 2.45) is 0 Å². The van der Waals surface area contributed by atoms with Gasteiger partial charge in [0.1, 0.15) is 17.5 Å². The summed E-state index contributed by atoms with van der Waals surface area (Å²) in [6.45, 7) is 8.69. The number of likely N-dealkylation sites (tertiary alicyclic amines) is 1. The molecule has 2 aromatic rings. The maximum atomic E-state index is 12.7. The maximum Gasteiger partial charge on any atom is 0.410 e. The molecule has 0 radical (unpaired) electrons. The highest BCUT2D eigenvalue weighted by molar-refractivity contribution is 6.00. The van der Waals surface area contributed by atoms with Crippen LogP contribution in [0.2, 0.25) is 0 Å². The number of carbonyl (C=O) groups excluding carboxylic acids is 2. The average molecular weight is 411 g/mol. The molecular weight excluding hydrogens is 380 g/mol. The Bertz CT molecular complexity index is 851. The molecule has 0 aliphatic carbocycles. The zero-order valence-electron chi connectivity index (χ0n) is 18.1. The Morgan fingerprint density at radius 3 is 2.30 bits per heavy atom. The molecule has 1 aliphatic heterocycles. The molecule has 0 N–H and O–H groups in total. The molecule has 160 valence electrons. The van der Waals surface area contributed by atoms with Crippen molar-refractivity contribution in [1.29, 1.82) is 0 Å². The highest BCUT2D eigenvalue weighted by Crippen LogP contribution is 2.23. The average Bonchev–Trinajstić information content (AvgIpc) is 2.73. The van der Waals surface area contributed by atoms with Crippen LogP contribution >= 0.6 is 0 Å². The summed E-state index contributed by atoms with van der Waals surface area (Å²) in [6, 6.07) is 12.8. The molecule has 3 rings (SSSR count). The van der Waals surface area contributed by atoms with Crippen molar-refractivity contribution in [3.8, 4) is 5.75 Å². The highest BCUT2D eigenvalue weighted by Gasteiger charge is 2.27. The van der Waals surface area contributed by atoms with E-state index in [1.54, 1.807) is 23.2 Å². The van der Waals surface area contributed by atoms with E-state index in [9.17, 15) is 9.59 Å². The second kappa shape index (κ2) is 9.28. The first-order chi connectivity index (χ1) is 14.2. The van der Waals surface area contributed by atoms with E-state index >= 15 is 0 Å². The smallest absolute Gasteiger partial charge is 0.410 e. The van der Waals surface area contributed by atoms with Crippen molar-refractivity contribution < 1.29 is 19.1 Å². The van der Waals surface area contributed by atoms with Gasteiger partial charge in [-0.1, -0.05) is 6.07 Å². The number of ether oxygens (including phenoxy) is 2. The van der Waals surface area contributed by atoms with Crippen LogP contribution in [0.5, 0.6) is 5.75 Å². The number of nitrogens with zero attached hydrogens (tertiary/aromatic N) is 2. The number of aromatic nitrogens is 1. The van der Waals surface area contributed by atoms with Crippen LogP contribution in [0.15, 0.2) is 48.7 Å². The van der Waals surface area contributed by atoms with Gasteiger partial charge in [-0.15, -0.1) is 0 Å². The van der Waals surface area contributed by atoms with E-state index in [1.807, 2.05) is 58.0 Å². The Labute approximate surface area is 178 Å². The largest absolute Gasteiger partial charge is 0.490 e. The Kier molecular flexibility index (Phi) is 6.75. The molecule has 0 saturated carbocycles. The predicted octanol–water partition coefficient (Wildman–Crippen LogP) is 4.85. The van der Waals surface area contributed by atoms with Gasteiger partial charge in [-0.05, 0) is 64.1 Å². The van der Waals surface area contributed by atoms with Gasteiger partial charge in [0.25, 0.3) is 0 Å². The van der Waals surface area contributed by atoms with Gasteiger partial charge >= 0.3 is 6.09 Å². The van der Waals surface area contributed by atoms with Gasteiger partial charge in [0.2, 0.25) is 0 Å². The zero-order chi connectivity index (χ0) is 21.7. The highest BCUT2D eigenvalue weighted by atomic mass is 16.6. The summed E-state index contributed by atoms with van der Waals surface area (Å²) in [5.41, 5.74) is 0.914. The third-order valence-electron chi connectivity index (χ3n) is 5.06. The van der Waals surface area contributed by atoms with Crippen LogP contribution in [0, 0.1) is 0 Å². The summed E-state index contributed by atoms with van der Waals surface area (Å²) in [5.74, 6) is 0.467. The van der Waals surface area contributed by atoms with Gasteiger partial charge in [0.05, 0.1) is 11.6 Å². The van der Waals surface area contributed by atoms with E-state index in [0.717, 1.165) is 24.3 Å². The van der Waals surface area contributed by atoms with E-state index in [0.29, 0.717) is 18.7 Å². The minimum Gasteiger partial charge on any atom is -0.490 e. The van der Waals surface area contributed by atoms with Crippen molar-refractivity contribution in [2.45, 2.75) is 58.2 Å². The fourth-order valence-corrected chi connectivity index (χ4v) is 3.39. The summed E-state index contributed by atoms with van der Waals surface area (Å²) in [4.78, 5) is 30.9. The summed E-state index contributed by atoms with van der Waals surface area (Å²) >= 11 is 0. The summed E-state index contributed by atoms with van der Waals surface area (Å²) in [5, 5.41) is 0. The third-order valence-corrected chi connectivity index (χ3v) is 5.06. The second-order valence-corrected chi connectivity index (χ2v) is 8.65. The summed E-state index contributed by atoms with van der Waals surface area (Å²) < 4.78 is 11.5. The maximum absolute atomic E-state index is 12.7. The first-order valence-corrected chi connectivity index (χ1v) is 10.4. The van der Waals surface area contributed by atoms with Gasteiger partial charge in [-0.25, -0.2) is 4.79 Å². The molecule has 1 aromatic carbocycles. The van der Waals surface area contributed by atoms with Crippen molar-refractivity contribution >= 4 is 11.9 Å². The number of amides is 1. The molecule has 0 bridgehead atoms. The van der Waals surface area contributed by atoms with Gasteiger partial charge < -0.3 is 14.4 Å². The standard InChI is InChI=1S/C24H30N2O4/c1-17(21-7-5-6-14-25-21)22(27)18-8-10-19(11-9-18)29-20-12-15-26(16-13-20)23(28)30-24(2,3)4/h5-11,14,17,20H,12-13,15-16H2,1-4H3. The fourth-order valence-electron chi connectivity index (χ4n) is 3.39. The molecule has 1 aliphatic rings. The van der Waals surface area contributed by atoms with E-state index in [2.05, 4.69) is 4.98 Å². The lowest BCUT2D eigenvalue weighted by Gasteiger charge is -2.33. The number of piperidine rings is 1. The molecule has 2 heterocycles.